The number of nitrogens with zero attached hydrogens (tertiary/aromatic N) is 1. The Morgan fingerprint density at radius 3 is 2.52 bits per heavy atom. The van der Waals surface area contributed by atoms with Gasteiger partial charge in [0.25, 0.3) is 5.91 Å². The van der Waals surface area contributed by atoms with Gasteiger partial charge in [-0.3, -0.25) is 14.5 Å². The van der Waals surface area contributed by atoms with Crippen molar-refractivity contribution < 1.29 is 9.21 Å². The van der Waals surface area contributed by atoms with E-state index in [0.29, 0.717) is 22.5 Å². The third-order valence-corrected chi connectivity index (χ3v) is 5.96. The second-order valence-electron chi connectivity index (χ2n) is 7.68. The lowest BCUT2D eigenvalue weighted by Gasteiger charge is -2.28. The number of amides is 1. The zero-order valence-electron chi connectivity index (χ0n) is 17.4. The van der Waals surface area contributed by atoms with Crippen molar-refractivity contribution in [1.82, 2.24) is 10.2 Å². The lowest BCUT2D eigenvalue weighted by atomic mass is 10.0. The Morgan fingerprint density at radius 1 is 1.13 bits per heavy atom. The van der Waals surface area contributed by atoms with E-state index in [1.165, 1.54) is 30.0 Å². The fraction of sp³-hybridized carbons (Fsp3) is 0.333. The quantitative estimate of drug-likeness (QED) is 0.562. The van der Waals surface area contributed by atoms with Crippen molar-refractivity contribution in [3.05, 3.63) is 80.7 Å². The first kappa shape index (κ1) is 23.3. The minimum atomic E-state index is -0.390. The summed E-state index contributed by atoms with van der Waals surface area (Å²) in [6.45, 7) is 4.62. The zero-order chi connectivity index (χ0) is 21.1. The molecule has 5 nitrogen and oxygen atoms in total. The number of hydrogen-bond acceptors (Lipinski definition) is 4. The molecule has 0 saturated carbocycles. The smallest absolute Gasteiger partial charge is 0.287 e. The van der Waals surface area contributed by atoms with Gasteiger partial charge in [0.05, 0.1) is 11.4 Å². The van der Waals surface area contributed by atoms with Crippen LogP contribution in [-0.4, -0.2) is 30.4 Å². The summed E-state index contributed by atoms with van der Waals surface area (Å²) >= 11 is 5.95. The van der Waals surface area contributed by atoms with E-state index in [4.69, 9.17) is 16.0 Å². The van der Waals surface area contributed by atoms with Crippen LogP contribution in [0.4, 0.5) is 0 Å². The van der Waals surface area contributed by atoms with Gasteiger partial charge in [-0.25, -0.2) is 0 Å². The Morgan fingerprint density at radius 2 is 1.84 bits per heavy atom. The van der Waals surface area contributed by atoms with Crippen molar-refractivity contribution >= 4 is 40.9 Å². The second kappa shape index (κ2) is 10.3. The molecular weight excluding hydrogens is 435 g/mol. The van der Waals surface area contributed by atoms with Gasteiger partial charge >= 0.3 is 0 Å². The van der Waals surface area contributed by atoms with Crippen LogP contribution in [0, 0.1) is 0 Å². The molecule has 31 heavy (non-hydrogen) atoms. The molecule has 0 aliphatic carbocycles. The molecule has 1 N–H and O–H groups in total. The third-order valence-electron chi connectivity index (χ3n) is 5.72. The van der Waals surface area contributed by atoms with Crippen molar-refractivity contribution in [2.24, 2.45) is 0 Å². The molecule has 1 amide bonds. The van der Waals surface area contributed by atoms with Crippen molar-refractivity contribution in [3.8, 4) is 0 Å². The summed E-state index contributed by atoms with van der Waals surface area (Å²) in [5.41, 5.74) is 2.54. The van der Waals surface area contributed by atoms with E-state index in [9.17, 15) is 9.59 Å². The van der Waals surface area contributed by atoms with Gasteiger partial charge in [-0.15, -0.1) is 12.4 Å². The average molecular weight is 461 g/mol. The molecule has 0 bridgehead atoms. The lowest BCUT2D eigenvalue weighted by Crippen LogP contribution is -2.37. The highest BCUT2D eigenvalue weighted by molar-refractivity contribution is 6.31. The summed E-state index contributed by atoms with van der Waals surface area (Å²) in [7, 11) is 0. The van der Waals surface area contributed by atoms with Crippen LogP contribution in [0.2, 0.25) is 5.02 Å². The van der Waals surface area contributed by atoms with E-state index in [0.717, 1.165) is 19.5 Å². The first-order chi connectivity index (χ1) is 14.5. The number of hydrogen-bond donors (Lipinski definition) is 1. The number of carbonyl (C=O) groups is 1. The van der Waals surface area contributed by atoms with Gasteiger partial charge in [-0.05, 0) is 61.7 Å². The van der Waals surface area contributed by atoms with E-state index in [1.54, 1.807) is 18.2 Å². The van der Waals surface area contributed by atoms with Crippen LogP contribution in [0.5, 0.6) is 0 Å². The summed E-state index contributed by atoms with van der Waals surface area (Å²) in [6, 6.07) is 14.7. The highest BCUT2D eigenvalue weighted by Gasteiger charge is 2.24. The fourth-order valence-corrected chi connectivity index (χ4v) is 4.18. The Kier molecular flexibility index (Phi) is 7.76. The topological polar surface area (TPSA) is 62.6 Å². The molecule has 1 aliphatic heterocycles. The SMILES string of the molecule is CCc1ccc(C(CNC(=O)c2cc(=O)c3cc(Cl)ccc3o2)N2CCCC2)cc1.Cl. The molecule has 2 heterocycles. The Balaban J connectivity index is 0.00000272. The van der Waals surface area contributed by atoms with Crippen LogP contribution in [0.25, 0.3) is 11.0 Å². The largest absolute Gasteiger partial charge is 0.451 e. The van der Waals surface area contributed by atoms with Crippen molar-refractivity contribution in [2.75, 3.05) is 19.6 Å². The summed E-state index contributed by atoms with van der Waals surface area (Å²) < 4.78 is 5.67. The molecule has 1 unspecified atom stereocenters. The predicted molar refractivity (Wildman–Crippen MR) is 126 cm³/mol. The number of benzene rings is 2. The Bertz CT molecular complexity index is 1110. The van der Waals surface area contributed by atoms with Crippen molar-refractivity contribution in [2.45, 2.75) is 32.2 Å². The zero-order valence-corrected chi connectivity index (χ0v) is 19.0. The minimum Gasteiger partial charge on any atom is -0.451 e. The predicted octanol–water partition coefficient (Wildman–Crippen LogP) is 5.00. The van der Waals surface area contributed by atoms with Gasteiger partial charge in [0.2, 0.25) is 0 Å². The minimum absolute atomic E-state index is 0. The van der Waals surface area contributed by atoms with E-state index in [2.05, 4.69) is 41.4 Å². The number of halogens is 2. The molecule has 1 fully saturated rings. The van der Waals surface area contributed by atoms with E-state index < -0.39 is 5.91 Å². The highest BCUT2D eigenvalue weighted by atomic mass is 35.5. The normalized spacial score (nSPS) is 14.9. The summed E-state index contributed by atoms with van der Waals surface area (Å²) in [5, 5.41) is 3.79. The maximum Gasteiger partial charge on any atom is 0.287 e. The molecule has 1 aliphatic rings. The van der Waals surface area contributed by atoms with Crippen LogP contribution in [-0.2, 0) is 6.42 Å². The first-order valence-corrected chi connectivity index (χ1v) is 10.8. The number of fused-ring (bicyclic) bond motifs is 1. The Labute approximate surface area is 192 Å². The van der Waals surface area contributed by atoms with Crippen LogP contribution < -0.4 is 10.7 Å². The molecular formula is C24H26Cl2N2O3. The van der Waals surface area contributed by atoms with Crippen LogP contribution in [0.15, 0.2) is 57.7 Å². The monoisotopic (exact) mass is 460 g/mol. The average Bonchev–Trinajstić information content (AvgIpc) is 3.29. The highest BCUT2D eigenvalue weighted by Crippen LogP contribution is 2.25. The molecule has 0 spiro atoms. The van der Waals surface area contributed by atoms with Crippen molar-refractivity contribution in [1.29, 1.82) is 0 Å². The standard InChI is InChI=1S/C24H25ClN2O3.ClH/c1-2-16-5-7-17(8-6-16)20(27-11-3-4-12-27)15-26-24(29)23-14-21(28)19-13-18(25)9-10-22(19)30-23;/h5-10,13-14,20H,2-4,11-12,15H2,1H3,(H,26,29);1H. The third kappa shape index (κ3) is 5.29. The first-order valence-electron chi connectivity index (χ1n) is 10.4. The number of nitrogens with one attached hydrogen (secondary N) is 1. The number of likely N-dealkylation sites (tertiary alicyclic amines) is 1. The number of rotatable bonds is 6. The van der Waals surface area contributed by atoms with Gasteiger partial charge in [-0.1, -0.05) is 42.8 Å². The van der Waals surface area contributed by atoms with Crippen molar-refractivity contribution in [3.63, 3.8) is 0 Å². The molecule has 1 atom stereocenters. The molecule has 1 aromatic heterocycles. The van der Waals surface area contributed by atoms with Gasteiger partial charge in [0, 0.05) is 17.6 Å². The maximum absolute atomic E-state index is 12.8. The van der Waals surface area contributed by atoms with Crippen LogP contribution in [0.3, 0.4) is 0 Å². The molecule has 2 aromatic carbocycles. The summed E-state index contributed by atoms with van der Waals surface area (Å²) in [6.07, 6.45) is 3.33. The molecule has 7 heteroatoms. The number of aryl methyl sites for hydroxylation is 1. The Hall–Kier alpha value is -2.34. The molecule has 1 saturated heterocycles. The van der Waals surface area contributed by atoms with Gasteiger partial charge in [-0.2, -0.15) is 0 Å². The molecule has 0 radical (unpaired) electrons. The van der Waals surface area contributed by atoms with Gasteiger partial charge < -0.3 is 9.73 Å². The van der Waals surface area contributed by atoms with E-state index in [1.807, 2.05) is 0 Å². The fourth-order valence-electron chi connectivity index (χ4n) is 4.00. The molecule has 4 rings (SSSR count). The maximum atomic E-state index is 12.8. The summed E-state index contributed by atoms with van der Waals surface area (Å²) in [4.78, 5) is 27.6. The lowest BCUT2D eigenvalue weighted by molar-refractivity contribution is 0.0910. The second-order valence-corrected chi connectivity index (χ2v) is 8.12. The molecule has 164 valence electrons. The molecule has 3 aromatic rings. The summed E-state index contributed by atoms with van der Waals surface area (Å²) in [5.74, 6) is -0.380. The van der Waals surface area contributed by atoms with Crippen LogP contribution >= 0.6 is 24.0 Å². The van der Waals surface area contributed by atoms with E-state index in [-0.39, 0.29) is 29.6 Å². The van der Waals surface area contributed by atoms with Gasteiger partial charge in [0.1, 0.15) is 5.58 Å². The number of carbonyl (C=O) groups excluding carboxylic acids is 1. The van der Waals surface area contributed by atoms with Crippen LogP contribution in [0.1, 0.15) is 47.5 Å². The van der Waals surface area contributed by atoms with Gasteiger partial charge in [0.15, 0.2) is 11.2 Å². The van der Waals surface area contributed by atoms with E-state index >= 15 is 0 Å².